The van der Waals surface area contributed by atoms with Crippen LogP contribution in [0.25, 0.3) is 59.8 Å². The SMILES string of the molecule is Cc1ccc2c(c1)c1ccc3ccnc4c5cc6ccccc6cc5n2c1c34. The Hall–Kier alpha value is -3.65. The maximum Gasteiger partial charge on any atom is 0.0822 e. The smallest absolute Gasteiger partial charge is 0.0822 e. The Bertz CT molecular complexity index is 1720. The van der Waals surface area contributed by atoms with Crippen LogP contribution in [0.5, 0.6) is 0 Å². The Balaban J connectivity index is 1.93. The molecule has 0 N–H and O–H groups in total. The molecule has 0 fully saturated rings. The van der Waals surface area contributed by atoms with E-state index in [0.717, 1.165) is 5.52 Å². The van der Waals surface area contributed by atoms with Gasteiger partial charge in [0.05, 0.1) is 22.1 Å². The third kappa shape index (κ3) is 1.62. The van der Waals surface area contributed by atoms with E-state index in [1.165, 1.54) is 59.8 Å². The molecule has 0 aliphatic heterocycles. The van der Waals surface area contributed by atoms with Crippen molar-refractivity contribution in [3.05, 3.63) is 84.6 Å². The highest BCUT2D eigenvalue weighted by atomic mass is 14.9. The van der Waals surface area contributed by atoms with Crippen LogP contribution in [0.3, 0.4) is 0 Å². The number of benzene rings is 4. The van der Waals surface area contributed by atoms with Gasteiger partial charge in [-0.25, -0.2) is 0 Å². The first-order valence-electron chi connectivity index (χ1n) is 9.66. The number of pyridine rings is 2. The fourth-order valence-corrected chi connectivity index (χ4v) is 4.94. The van der Waals surface area contributed by atoms with Crippen molar-refractivity contribution in [2.75, 3.05) is 0 Å². The van der Waals surface area contributed by atoms with Crippen LogP contribution < -0.4 is 0 Å². The van der Waals surface area contributed by atoms with Gasteiger partial charge in [-0.2, -0.15) is 0 Å². The molecule has 0 aliphatic carbocycles. The van der Waals surface area contributed by atoms with E-state index >= 15 is 0 Å². The zero-order valence-corrected chi connectivity index (χ0v) is 15.4. The van der Waals surface area contributed by atoms with Gasteiger partial charge in [-0.15, -0.1) is 0 Å². The van der Waals surface area contributed by atoms with E-state index in [9.17, 15) is 0 Å². The lowest BCUT2D eigenvalue weighted by Crippen LogP contribution is -1.94. The van der Waals surface area contributed by atoms with Crippen molar-refractivity contribution in [3.8, 4) is 0 Å². The summed E-state index contributed by atoms with van der Waals surface area (Å²) in [6, 6.07) is 26.6. The van der Waals surface area contributed by atoms with E-state index in [4.69, 9.17) is 4.98 Å². The van der Waals surface area contributed by atoms with Gasteiger partial charge in [-0.05, 0) is 53.4 Å². The standard InChI is InChI=1S/C26H16N2/c1-15-6-9-22-20(12-15)19-8-7-16-10-11-27-25-21-13-17-4-2-3-5-18(17)14-23(21)28(22)26(19)24(16)25/h2-14H,1H3. The van der Waals surface area contributed by atoms with Crippen LogP contribution in [0.15, 0.2) is 79.0 Å². The van der Waals surface area contributed by atoms with E-state index in [1.807, 2.05) is 6.20 Å². The van der Waals surface area contributed by atoms with Crippen molar-refractivity contribution in [3.63, 3.8) is 0 Å². The third-order valence-electron chi connectivity index (χ3n) is 6.17. The number of nitrogens with zero attached hydrogens (tertiary/aromatic N) is 2. The lowest BCUT2D eigenvalue weighted by molar-refractivity contribution is 1.34. The average molecular weight is 356 g/mol. The predicted molar refractivity (Wildman–Crippen MR) is 119 cm³/mol. The first kappa shape index (κ1) is 14.4. The molecule has 3 aromatic heterocycles. The number of fused-ring (bicyclic) bond motifs is 7. The van der Waals surface area contributed by atoms with Crippen LogP contribution in [0, 0.1) is 6.92 Å². The lowest BCUT2D eigenvalue weighted by atomic mass is 10.0. The number of aryl methyl sites for hydroxylation is 1. The third-order valence-corrected chi connectivity index (χ3v) is 6.17. The van der Waals surface area contributed by atoms with Crippen LogP contribution in [0.1, 0.15) is 5.56 Å². The zero-order valence-electron chi connectivity index (χ0n) is 15.4. The quantitative estimate of drug-likeness (QED) is 0.215. The van der Waals surface area contributed by atoms with Gasteiger partial charge < -0.3 is 4.40 Å². The monoisotopic (exact) mass is 356 g/mol. The number of hydrogen-bond acceptors (Lipinski definition) is 1. The molecule has 0 saturated heterocycles. The fourth-order valence-electron chi connectivity index (χ4n) is 4.94. The highest BCUT2D eigenvalue weighted by Gasteiger charge is 2.18. The molecular weight excluding hydrogens is 340 g/mol. The molecule has 0 bridgehead atoms. The fraction of sp³-hybridized carbons (Fsp3) is 0.0385. The lowest BCUT2D eigenvalue weighted by Gasteiger charge is -2.13. The summed E-state index contributed by atoms with van der Waals surface area (Å²) in [7, 11) is 0. The first-order valence-corrected chi connectivity index (χ1v) is 9.66. The van der Waals surface area contributed by atoms with E-state index < -0.39 is 0 Å². The largest absolute Gasteiger partial charge is 0.308 e. The average Bonchev–Trinajstić information content (AvgIpc) is 3.06. The highest BCUT2D eigenvalue weighted by molar-refractivity contribution is 6.28. The summed E-state index contributed by atoms with van der Waals surface area (Å²) in [5, 5.41) is 8.85. The van der Waals surface area contributed by atoms with E-state index in [-0.39, 0.29) is 0 Å². The Morgan fingerprint density at radius 2 is 1.54 bits per heavy atom. The molecule has 7 rings (SSSR count). The number of aromatic nitrogens is 2. The van der Waals surface area contributed by atoms with Gasteiger partial charge in [0.2, 0.25) is 0 Å². The molecule has 2 nitrogen and oxygen atoms in total. The van der Waals surface area contributed by atoms with Crippen LogP contribution in [-0.4, -0.2) is 9.38 Å². The van der Waals surface area contributed by atoms with Gasteiger partial charge in [-0.1, -0.05) is 48.0 Å². The van der Waals surface area contributed by atoms with Gasteiger partial charge in [0, 0.05) is 27.7 Å². The molecule has 0 saturated carbocycles. The van der Waals surface area contributed by atoms with E-state index in [2.05, 4.69) is 84.1 Å². The Labute approximate surface area is 161 Å². The Morgan fingerprint density at radius 1 is 0.679 bits per heavy atom. The second-order valence-electron chi connectivity index (χ2n) is 7.79. The molecule has 0 amide bonds. The van der Waals surface area contributed by atoms with Crippen molar-refractivity contribution in [2.24, 2.45) is 0 Å². The molecule has 0 radical (unpaired) electrons. The Morgan fingerprint density at radius 3 is 2.43 bits per heavy atom. The van der Waals surface area contributed by atoms with Crippen LogP contribution in [-0.2, 0) is 0 Å². The minimum atomic E-state index is 1.09. The van der Waals surface area contributed by atoms with Crippen LogP contribution >= 0.6 is 0 Å². The summed E-state index contributed by atoms with van der Waals surface area (Å²) in [4.78, 5) is 4.84. The van der Waals surface area contributed by atoms with Crippen molar-refractivity contribution >= 4 is 59.8 Å². The van der Waals surface area contributed by atoms with Crippen LogP contribution in [0.4, 0.5) is 0 Å². The summed E-state index contributed by atoms with van der Waals surface area (Å²) < 4.78 is 2.45. The van der Waals surface area contributed by atoms with E-state index in [1.54, 1.807) is 0 Å². The highest BCUT2D eigenvalue weighted by Crippen LogP contribution is 2.41. The normalized spacial score (nSPS) is 12.5. The second-order valence-corrected chi connectivity index (χ2v) is 7.79. The summed E-state index contributed by atoms with van der Waals surface area (Å²) in [6.07, 6.45) is 1.94. The molecule has 130 valence electrons. The molecule has 0 atom stereocenters. The molecule has 7 aromatic rings. The summed E-state index contributed by atoms with van der Waals surface area (Å²) in [6.45, 7) is 2.16. The molecule has 3 heterocycles. The molecule has 0 aliphatic rings. The number of rotatable bonds is 0. The predicted octanol–water partition coefficient (Wildman–Crippen LogP) is 6.85. The molecule has 28 heavy (non-hydrogen) atoms. The van der Waals surface area contributed by atoms with Gasteiger partial charge in [-0.3, -0.25) is 4.98 Å². The maximum atomic E-state index is 4.84. The molecular formula is C26H16N2. The van der Waals surface area contributed by atoms with Crippen LogP contribution in [0.2, 0.25) is 0 Å². The molecule has 0 unspecified atom stereocenters. The summed E-state index contributed by atoms with van der Waals surface area (Å²) >= 11 is 0. The summed E-state index contributed by atoms with van der Waals surface area (Å²) in [5.41, 5.74) is 6.15. The first-order chi connectivity index (χ1) is 13.8. The van der Waals surface area contributed by atoms with Crippen molar-refractivity contribution in [1.82, 2.24) is 9.38 Å². The zero-order chi connectivity index (χ0) is 18.4. The van der Waals surface area contributed by atoms with Crippen molar-refractivity contribution in [2.45, 2.75) is 6.92 Å². The van der Waals surface area contributed by atoms with Gasteiger partial charge in [0.15, 0.2) is 0 Å². The molecule has 0 spiro atoms. The van der Waals surface area contributed by atoms with Crippen molar-refractivity contribution in [1.29, 1.82) is 0 Å². The topological polar surface area (TPSA) is 17.3 Å². The number of hydrogen-bond donors (Lipinski definition) is 0. The molecule has 2 heteroatoms. The molecule has 4 aromatic carbocycles. The summed E-state index contributed by atoms with van der Waals surface area (Å²) in [5.74, 6) is 0. The van der Waals surface area contributed by atoms with Gasteiger partial charge in [0.25, 0.3) is 0 Å². The minimum Gasteiger partial charge on any atom is -0.308 e. The maximum absolute atomic E-state index is 4.84. The van der Waals surface area contributed by atoms with E-state index in [0.29, 0.717) is 0 Å². The minimum absolute atomic E-state index is 1.09. The second kappa shape index (κ2) is 4.79. The van der Waals surface area contributed by atoms with Crippen molar-refractivity contribution < 1.29 is 0 Å². The van der Waals surface area contributed by atoms with Gasteiger partial charge >= 0.3 is 0 Å². The Kier molecular flexibility index (Phi) is 2.47. The van der Waals surface area contributed by atoms with Gasteiger partial charge in [0.1, 0.15) is 0 Å².